The van der Waals surface area contributed by atoms with Gasteiger partial charge in [-0.2, -0.15) is 13.2 Å². The van der Waals surface area contributed by atoms with Crippen LogP contribution in [0.2, 0.25) is 0 Å². The summed E-state index contributed by atoms with van der Waals surface area (Å²) >= 11 is 0. The number of hydrogen-bond donors (Lipinski definition) is 2. The molecular weight excluding hydrogens is 185 g/mol. The van der Waals surface area contributed by atoms with Crippen molar-refractivity contribution in [3.05, 3.63) is 0 Å². The number of carbonyl (C=O) groups excluding carboxylic acids is 1. The molecule has 0 spiro atoms. The van der Waals surface area contributed by atoms with Crippen molar-refractivity contribution >= 4 is 5.91 Å². The Balaban J connectivity index is 2.35. The second kappa shape index (κ2) is 2.00. The van der Waals surface area contributed by atoms with Crippen molar-refractivity contribution in [2.45, 2.75) is 12.6 Å². The summed E-state index contributed by atoms with van der Waals surface area (Å²) in [6, 6.07) is 0. The summed E-state index contributed by atoms with van der Waals surface area (Å²) in [7, 11) is 0. The molecule has 74 valence electrons. The first-order chi connectivity index (χ1) is 5.86. The smallest absolute Gasteiger partial charge is 0.369 e. The molecule has 0 radical (unpaired) electrons. The highest BCUT2D eigenvalue weighted by Crippen LogP contribution is 2.72. The van der Waals surface area contributed by atoms with Gasteiger partial charge in [-0.05, 0) is 6.42 Å². The highest BCUT2D eigenvalue weighted by molar-refractivity contribution is 5.87. The number of halogens is 3. The Morgan fingerprint density at radius 2 is 2.00 bits per heavy atom. The molecule has 6 heteroatoms. The minimum Gasteiger partial charge on any atom is -0.369 e. The summed E-state index contributed by atoms with van der Waals surface area (Å²) in [4.78, 5) is 10.9. The molecule has 0 aromatic heterocycles. The maximum Gasteiger partial charge on any atom is 0.396 e. The van der Waals surface area contributed by atoms with E-state index in [1.54, 1.807) is 0 Å². The Morgan fingerprint density at radius 1 is 1.38 bits per heavy atom. The van der Waals surface area contributed by atoms with Crippen LogP contribution in [0.4, 0.5) is 13.2 Å². The first-order valence-electron chi connectivity index (χ1n) is 3.93. The summed E-state index contributed by atoms with van der Waals surface area (Å²) in [5.74, 6) is -0.838. The normalized spacial score (nSPS) is 43.0. The lowest BCUT2D eigenvalue weighted by molar-refractivity contribution is -0.191. The van der Waals surface area contributed by atoms with Gasteiger partial charge in [0.2, 0.25) is 5.91 Å². The summed E-state index contributed by atoms with van der Waals surface area (Å²) in [6.45, 7) is -0.124. The molecule has 13 heavy (non-hydrogen) atoms. The molecule has 1 amide bonds. The van der Waals surface area contributed by atoms with E-state index >= 15 is 0 Å². The third kappa shape index (κ3) is 0.769. The van der Waals surface area contributed by atoms with Crippen molar-refractivity contribution in [3.63, 3.8) is 0 Å². The van der Waals surface area contributed by atoms with Crippen LogP contribution in [0, 0.1) is 10.8 Å². The van der Waals surface area contributed by atoms with Crippen molar-refractivity contribution < 1.29 is 18.0 Å². The molecule has 1 saturated carbocycles. The van der Waals surface area contributed by atoms with E-state index in [2.05, 4.69) is 5.32 Å². The predicted octanol–water partition coefficient (Wildman–Crippen LogP) is 0.0137. The molecule has 1 aliphatic carbocycles. The molecule has 2 rings (SSSR count). The van der Waals surface area contributed by atoms with Gasteiger partial charge in [-0.15, -0.1) is 0 Å². The molecule has 2 unspecified atom stereocenters. The quantitative estimate of drug-likeness (QED) is 0.618. The van der Waals surface area contributed by atoms with Crippen LogP contribution < -0.4 is 11.1 Å². The minimum atomic E-state index is -4.33. The van der Waals surface area contributed by atoms with Crippen LogP contribution in [0.25, 0.3) is 0 Å². The van der Waals surface area contributed by atoms with Crippen LogP contribution in [-0.4, -0.2) is 25.2 Å². The van der Waals surface area contributed by atoms with Gasteiger partial charge in [-0.1, -0.05) is 0 Å². The third-order valence-corrected chi connectivity index (χ3v) is 3.26. The maximum absolute atomic E-state index is 12.5. The van der Waals surface area contributed by atoms with Crippen molar-refractivity contribution in [2.24, 2.45) is 16.6 Å². The van der Waals surface area contributed by atoms with Gasteiger partial charge in [0.1, 0.15) is 0 Å². The number of carbonyl (C=O) groups is 1. The fourth-order valence-corrected chi connectivity index (χ4v) is 2.31. The monoisotopic (exact) mass is 194 g/mol. The van der Waals surface area contributed by atoms with Crippen LogP contribution >= 0.6 is 0 Å². The van der Waals surface area contributed by atoms with E-state index in [0.717, 1.165) is 0 Å². The summed E-state index contributed by atoms with van der Waals surface area (Å²) in [5.41, 5.74) is 1.75. The molecule has 3 N–H and O–H groups in total. The second-order valence-corrected chi connectivity index (χ2v) is 3.81. The van der Waals surface area contributed by atoms with E-state index in [4.69, 9.17) is 5.73 Å². The Bertz CT molecular complexity index is 277. The molecule has 2 aliphatic rings. The number of nitrogens with one attached hydrogen (secondary N) is 1. The zero-order valence-electron chi connectivity index (χ0n) is 6.74. The van der Waals surface area contributed by atoms with Gasteiger partial charge in [0, 0.05) is 13.1 Å². The zero-order chi connectivity index (χ0) is 9.91. The third-order valence-electron chi connectivity index (χ3n) is 3.26. The summed E-state index contributed by atoms with van der Waals surface area (Å²) in [6.07, 6.45) is -4.47. The molecule has 1 heterocycles. The SMILES string of the molecule is NC(=O)C12CNCC1(C(F)(F)F)C2. The second-order valence-electron chi connectivity index (χ2n) is 3.81. The van der Waals surface area contributed by atoms with Crippen LogP contribution in [0.5, 0.6) is 0 Å². The number of primary amides is 1. The molecule has 3 nitrogen and oxygen atoms in total. The van der Waals surface area contributed by atoms with Gasteiger partial charge < -0.3 is 11.1 Å². The van der Waals surface area contributed by atoms with Crippen molar-refractivity contribution in [3.8, 4) is 0 Å². The lowest BCUT2D eigenvalue weighted by atomic mass is 9.95. The van der Waals surface area contributed by atoms with Gasteiger partial charge in [-0.3, -0.25) is 4.79 Å². The number of rotatable bonds is 1. The molecule has 0 bridgehead atoms. The van der Waals surface area contributed by atoms with E-state index in [9.17, 15) is 18.0 Å². The molecule has 2 atom stereocenters. The molecule has 2 fully saturated rings. The van der Waals surface area contributed by atoms with Crippen LogP contribution in [0.15, 0.2) is 0 Å². The van der Waals surface area contributed by atoms with Crippen molar-refractivity contribution in [1.29, 1.82) is 0 Å². The van der Waals surface area contributed by atoms with Crippen molar-refractivity contribution in [2.75, 3.05) is 13.1 Å². The highest BCUT2D eigenvalue weighted by Gasteiger charge is 2.84. The average Bonchev–Trinajstić information content (AvgIpc) is 2.51. The molecular formula is C7H9F3N2O. The first-order valence-corrected chi connectivity index (χ1v) is 3.93. The number of nitrogens with two attached hydrogens (primary N) is 1. The average molecular weight is 194 g/mol. The van der Waals surface area contributed by atoms with Crippen molar-refractivity contribution in [1.82, 2.24) is 5.32 Å². The lowest BCUT2D eigenvalue weighted by Crippen LogP contribution is -2.37. The predicted molar refractivity (Wildman–Crippen MR) is 37.6 cm³/mol. The Labute approximate surface area is 72.5 Å². The molecule has 0 aromatic rings. The molecule has 1 saturated heterocycles. The van der Waals surface area contributed by atoms with Gasteiger partial charge in [0.25, 0.3) is 0 Å². The maximum atomic E-state index is 12.5. The van der Waals surface area contributed by atoms with E-state index < -0.39 is 22.9 Å². The van der Waals surface area contributed by atoms with Gasteiger partial charge in [0.05, 0.1) is 10.8 Å². The van der Waals surface area contributed by atoms with Crippen LogP contribution in [-0.2, 0) is 4.79 Å². The van der Waals surface area contributed by atoms with E-state index in [-0.39, 0.29) is 19.5 Å². The van der Waals surface area contributed by atoms with Gasteiger partial charge >= 0.3 is 6.18 Å². The standard InChI is InChI=1S/C7H9F3N2O/c8-7(9,10)6-1-5(6,4(11)13)2-12-3-6/h12H,1-3H2,(H2,11,13). The zero-order valence-corrected chi connectivity index (χ0v) is 6.74. The van der Waals surface area contributed by atoms with Crippen LogP contribution in [0.1, 0.15) is 6.42 Å². The fourth-order valence-electron chi connectivity index (χ4n) is 2.31. The first kappa shape index (κ1) is 8.80. The number of amides is 1. The Kier molecular flexibility index (Phi) is 1.35. The van der Waals surface area contributed by atoms with E-state index in [0.29, 0.717) is 0 Å². The Hall–Kier alpha value is -0.780. The Morgan fingerprint density at radius 3 is 2.31 bits per heavy atom. The highest BCUT2D eigenvalue weighted by atomic mass is 19.4. The summed E-state index contributed by atoms with van der Waals surface area (Å²) < 4.78 is 37.6. The largest absolute Gasteiger partial charge is 0.396 e. The summed E-state index contributed by atoms with van der Waals surface area (Å²) in [5, 5.41) is 2.57. The number of piperidine rings is 1. The van der Waals surface area contributed by atoms with E-state index in [1.807, 2.05) is 0 Å². The molecule has 0 aromatic carbocycles. The number of fused-ring (bicyclic) bond motifs is 1. The van der Waals surface area contributed by atoms with E-state index in [1.165, 1.54) is 0 Å². The topological polar surface area (TPSA) is 55.1 Å². The number of alkyl halides is 3. The van der Waals surface area contributed by atoms with Crippen LogP contribution in [0.3, 0.4) is 0 Å². The van der Waals surface area contributed by atoms with Gasteiger partial charge in [-0.25, -0.2) is 0 Å². The lowest BCUT2D eigenvalue weighted by Gasteiger charge is -2.18. The fraction of sp³-hybridized carbons (Fsp3) is 0.857. The minimum absolute atomic E-state index is 0.0574. The molecule has 1 aliphatic heterocycles. The van der Waals surface area contributed by atoms with Gasteiger partial charge in [0.15, 0.2) is 0 Å². The number of hydrogen-bond acceptors (Lipinski definition) is 2.